The number of hydrogen-bond donors (Lipinski definition) is 0. The molecule has 0 aliphatic heterocycles. The molecule has 0 saturated heterocycles. The monoisotopic (exact) mass is 1060 g/mol. The molecule has 0 spiro atoms. The van der Waals surface area contributed by atoms with Gasteiger partial charge in [-0.05, 0) is 57.8 Å². The third kappa shape index (κ3) is 62.0. The van der Waals surface area contributed by atoms with E-state index in [4.69, 9.17) is 14.2 Å². The zero-order valence-corrected chi connectivity index (χ0v) is 50.8. The average molecular weight is 1060 g/mol. The van der Waals surface area contributed by atoms with E-state index >= 15 is 0 Å². The second-order valence-corrected chi connectivity index (χ2v) is 22.4. The second kappa shape index (κ2) is 64.6. The molecule has 6 nitrogen and oxygen atoms in total. The van der Waals surface area contributed by atoms with Gasteiger partial charge < -0.3 is 14.2 Å². The van der Waals surface area contributed by atoms with Gasteiger partial charge in [-0.2, -0.15) is 0 Å². The zero-order valence-electron chi connectivity index (χ0n) is 50.8. The first kappa shape index (κ1) is 73.1. The third-order valence-corrected chi connectivity index (χ3v) is 14.8. The summed E-state index contributed by atoms with van der Waals surface area (Å²) in [6.07, 6.45) is 82.4. The van der Waals surface area contributed by atoms with Gasteiger partial charge in [0, 0.05) is 19.3 Å². The van der Waals surface area contributed by atoms with E-state index in [0.29, 0.717) is 19.3 Å². The molecule has 0 amide bonds. The molecule has 442 valence electrons. The average Bonchev–Trinajstić information content (AvgIpc) is 3.42. The number of hydrogen-bond acceptors (Lipinski definition) is 6. The van der Waals surface area contributed by atoms with E-state index in [1.54, 1.807) is 0 Å². The molecular weight excluding hydrogens is 937 g/mol. The first-order valence-electron chi connectivity index (χ1n) is 33.3. The van der Waals surface area contributed by atoms with E-state index in [1.165, 1.54) is 225 Å². The molecular formula is C70H126O6. The molecule has 76 heavy (non-hydrogen) atoms. The fourth-order valence-corrected chi connectivity index (χ4v) is 9.84. The number of carbonyl (C=O) groups is 3. The highest BCUT2D eigenvalue weighted by Crippen LogP contribution is 2.18. The van der Waals surface area contributed by atoms with Gasteiger partial charge in [-0.15, -0.1) is 0 Å². The van der Waals surface area contributed by atoms with Crippen LogP contribution >= 0.6 is 0 Å². The van der Waals surface area contributed by atoms with Gasteiger partial charge in [-0.25, -0.2) is 0 Å². The van der Waals surface area contributed by atoms with Crippen LogP contribution in [0.3, 0.4) is 0 Å². The Morgan fingerprint density at radius 1 is 0.276 bits per heavy atom. The molecule has 1 unspecified atom stereocenters. The zero-order chi connectivity index (χ0) is 55.0. The fraction of sp³-hybridized carbons (Fsp3) is 0.814. The van der Waals surface area contributed by atoms with Crippen molar-refractivity contribution in [1.82, 2.24) is 0 Å². The number of unbranched alkanes of at least 4 members (excludes halogenated alkanes) is 40. The van der Waals surface area contributed by atoms with Gasteiger partial charge in [-0.3, -0.25) is 14.4 Å². The van der Waals surface area contributed by atoms with Crippen molar-refractivity contribution >= 4 is 17.9 Å². The minimum atomic E-state index is -0.795. The molecule has 0 heterocycles. The molecule has 0 rings (SSSR count). The second-order valence-electron chi connectivity index (χ2n) is 22.4. The molecule has 0 bridgehead atoms. The van der Waals surface area contributed by atoms with Crippen LogP contribution in [0.1, 0.15) is 348 Å². The molecule has 0 aliphatic rings. The number of ether oxygens (including phenoxy) is 3. The van der Waals surface area contributed by atoms with Crippen LogP contribution in [-0.4, -0.2) is 37.2 Å². The standard InChI is InChI=1S/C70H126O6/c1-4-7-10-13-16-19-22-25-28-31-33-35-37-39-42-45-48-51-54-57-60-63-69(72)75-66-67(65-74-68(71)62-59-56-53-50-47-44-41-38-30-27-24-21-18-15-12-9-6-3)76-70(73)64-61-58-55-52-49-46-43-40-36-34-32-29-26-23-20-17-14-11-8-5-2/h9,12,18,21,27,30,41,44,50,53,67H,4-8,10-11,13-17,19-20,22-26,28-29,31-40,42-43,45-49,51-52,54-66H2,1-3H3/b12-9-,21-18-,30-27-,44-41-,53-50-. The maximum Gasteiger partial charge on any atom is 0.306 e. The molecule has 0 fully saturated rings. The van der Waals surface area contributed by atoms with Crippen molar-refractivity contribution < 1.29 is 28.6 Å². The summed E-state index contributed by atoms with van der Waals surface area (Å²) in [5.74, 6) is -0.924. The van der Waals surface area contributed by atoms with Gasteiger partial charge in [0.05, 0.1) is 0 Å². The lowest BCUT2D eigenvalue weighted by Crippen LogP contribution is -2.30. The van der Waals surface area contributed by atoms with Crippen molar-refractivity contribution in [3.8, 4) is 0 Å². The summed E-state index contributed by atoms with van der Waals surface area (Å²) in [4.78, 5) is 38.4. The van der Waals surface area contributed by atoms with Crippen molar-refractivity contribution in [3.63, 3.8) is 0 Å². The number of esters is 3. The van der Waals surface area contributed by atoms with Gasteiger partial charge in [0.2, 0.25) is 0 Å². The lowest BCUT2D eigenvalue weighted by Gasteiger charge is -2.18. The molecule has 6 heteroatoms. The van der Waals surface area contributed by atoms with Crippen LogP contribution < -0.4 is 0 Å². The normalized spacial score (nSPS) is 12.4. The molecule has 0 saturated carbocycles. The summed E-state index contributed by atoms with van der Waals surface area (Å²) in [7, 11) is 0. The molecule has 0 aromatic carbocycles. The summed E-state index contributed by atoms with van der Waals surface area (Å²) in [6, 6.07) is 0. The predicted molar refractivity (Wildman–Crippen MR) is 330 cm³/mol. The van der Waals surface area contributed by atoms with Crippen LogP contribution in [-0.2, 0) is 28.6 Å². The van der Waals surface area contributed by atoms with Crippen LogP contribution in [0.4, 0.5) is 0 Å². The molecule has 0 N–H and O–H groups in total. The van der Waals surface area contributed by atoms with Gasteiger partial charge in [-0.1, -0.05) is 332 Å². The predicted octanol–water partition coefficient (Wildman–Crippen LogP) is 22.7. The highest BCUT2D eigenvalue weighted by atomic mass is 16.6. The van der Waals surface area contributed by atoms with E-state index in [-0.39, 0.29) is 37.5 Å². The van der Waals surface area contributed by atoms with Gasteiger partial charge >= 0.3 is 17.9 Å². The quantitative estimate of drug-likeness (QED) is 0.0261. The maximum atomic E-state index is 12.9. The molecule has 0 aliphatic carbocycles. The summed E-state index contributed by atoms with van der Waals surface area (Å²) in [5, 5.41) is 0. The van der Waals surface area contributed by atoms with E-state index in [0.717, 1.165) is 77.0 Å². The van der Waals surface area contributed by atoms with E-state index in [9.17, 15) is 14.4 Å². The van der Waals surface area contributed by atoms with Gasteiger partial charge in [0.15, 0.2) is 6.10 Å². The van der Waals surface area contributed by atoms with Crippen molar-refractivity contribution in [1.29, 1.82) is 0 Å². The first-order valence-corrected chi connectivity index (χ1v) is 33.3. The molecule has 0 aromatic rings. The number of allylic oxidation sites excluding steroid dienone is 10. The smallest absolute Gasteiger partial charge is 0.306 e. The van der Waals surface area contributed by atoms with E-state index in [1.807, 2.05) is 0 Å². The summed E-state index contributed by atoms with van der Waals surface area (Å²) in [5.41, 5.74) is 0. The Kier molecular flexibility index (Phi) is 62.2. The molecule has 0 radical (unpaired) electrons. The van der Waals surface area contributed by atoms with Crippen molar-refractivity contribution in [2.24, 2.45) is 0 Å². The Hall–Kier alpha value is -2.89. The maximum absolute atomic E-state index is 12.9. The summed E-state index contributed by atoms with van der Waals surface area (Å²) in [6.45, 7) is 6.54. The Balaban J connectivity index is 4.37. The number of carbonyl (C=O) groups excluding carboxylic acids is 3. The van der Waals surface area contributed by atoms with Crippen LogP contribution in [0.2, 0.25) is 0 Å². The van der Waals surface area contributed by atoms with Crippen molar-refractivity contribution in [3.05, 3.63) is 60.8 Å². The van der Waals surface area contributed by atoms with Crippen LogP contribution in [0.15, 0.2) is 60.8 Å². The van der Waals surface area contributed by atoms with Crippen molar-refractivity contribution in [2.75, 3.05) is 13.2 Å². The van der Waals surface area contributed by atoms with Gasteiger partial charge in [0.25, 0.3) is 0 Å². The fourth-order valence-electron chi connectivity index (χ4n) is 9.84. The lowest BCUT2D eigenvalue weighted by atomic mass is 10.0. The minimum absolute atomic E-state index is 0.0869. The van der Waals surface area contributed by atoms with Crippen LogP contribution in [0.25, 0.3) is 0 Å². The molecule has 1 atom stereocenters. The minimum Gasteiger partial charge on any atom is -0.462 e. The van der Waals surface area contributed by atoms with E-state index in [2.05, 4.69) is 81.5 Å². The first-order chi connectivity index (χ1) is 37.5. The SMILES string of the molecule is CC/C=C\C/C=C\C/C=C\C/C=C\C/C=C\CCCC(=O)OCC(COC(=O)CCCCCCCCCCCCCCCCCCCCCCC)OC(=O)CCCCCCCCCCCCCCCCCCCCCC. The lowest BCUT2D eigenvalue weighted by molar-refractivity contribution is -0.167. The largest absolute Gasteiger partial charge is 0.462 e. The van der Waals surface area contributed by atoms with Crippen LogP contribution in [0, 0.1) is 0 Å². The highest BCUT2D eigenvalue weighted by molar-refractivity contribution is 5.71. The summed E-state index contributed by atoms with van der Waals surface area (Å²) < 4.78 is 16.9. The van der Waals surface area contributed by atoms with Gasteiger partial charge in [0.1, 0.15) is 13.2 Å². The summed E-state index contributed by atoms with van der Waals surface area (Å²) >= 11 is 0. The Bertz CT molecular complexity index is 1360. The Morgan fingerprint density at radius 3 is 0.803 bits per heavy atom. The third-order valence-electron chi connectivity index (χ3n) is 14.8. The molecule has 0 aromatic heterocycles. The Morgan fingerprint density at radius 2 is 0.513 bits per heavy atom. The highest BCUT2D eigenvalue weighted by Gasteiger charge is 2.19. The topological polar surface area (TPSA) is 78.9 Å². The number of rotatable bonds is 61. The van der Waals surface area contributed by atoms with E-state index < -0.39 is 6.10 Å². The van der Waals surface area contributed by atoms with Crippen molar-refractivity contribution in [2.45, 2.75) is 354 Å². The van der Waals surface area contributed by atoms with Crippen LogP contribution in [0.5, 0.6) is 0 Å². The Labute approximate surface area is 472 Å².